The van der Waals surface area contributed by atoms with E-state index < -0.39 is 0 Å². The Hall–Kier alpha value is -0.860. The number of piperidine rings is 1. The minimum atomic E-state index is 0.0863. The Morgan fingerprint density at radius 2 is 1.82 bits per heavy atom. The smallest absolute Gasteiger partial charge is 0.102 e. The molecule has 1 aromatic rings. The predicted octanol–water partition coefficient (Wildman–Crippen LogP) is 5.75. The van der Waals surface area contributed by atoms with Crippen LogP contribution in [0.4, 0.5) is 0 Å². The fourth-order valence-corrected chi connectivity index (χ4v) is 3.76. The highest BCUT2D eigenvalue weighted by atomic mass is 16.7. The summed E-state index contributed by atoms with van der Waals surface area (Å²) in [6, 6.07) is 10.6. The van der Waals surface area contributed by atoms with Crippen LogP contribution in [0.2, 0.25) is 0 Å². The lowest BCUT2D eigenvalue weighted by molar-refractivity contribution is -0.324. The number of rotatable bonds is 5. The van der Waals surface area contributed by atoms with Crippen LogP contribution in [0.15, 0.2) is 30.3 Å². The summed E-state index contributed by atoms with van der Waals surface area (Å²) < 4.78 is 0. The van der Waals surface area contributed by atoms with E-state index in [9.17, 15) is 0 Å². The molecule has 0 radical (unpaired) electrons. The van der Waals surface area contributed by atoms with Crippen LogP contribution in [0.5, 0.6) is 0 Å². The summed E-state index contributed by atoms with van der Waals surface area (Å²) in [5.74, 6) is 0.653. The number of benzene rings is 1. The molecule has 0 bridgehead atoms. The molecular weight excluding hydrogens is 270 g/mol. The van der Waals surface area contributed by atoms with Gasteiger partial charge in [0.25, 0.3) is 0 Å². The summed E-state index contributed by atoms with van der Waals surface area (Å²) in [7, 11) is 0. The average Bonchev–Trinajstić information content (AvgIpc) is 2.56. The van der Waals surface area contributed by atoms with E-state index in [1.165, 1.54) is 18.4 Å². The standard InChI is InChI=1S/C20H33NO/c1-7-19(5)15-14-16(3)20(6,8-2)21(19)22-17(4)18-12-10-9-11-13-18/h9-13,16-17H,7-8,14-15H2,1-6H3. The maximum absolute atomic E-state index is 6.59. The van der Waals surface area contributed by atoms with Gasteiger partial charge in [0.05, 0.1) is 0 Å². The molecule has 0 spiro atoms. The van der Waals surface area contributed by atoms with Crippen molar-refractivity contribution in [3.05, 3.63) is 35.9 Å². The van der Waals surface area contributed by atoms with E-state index in [0.717, 1.165) is 12.8 Å². The van der Waals surface area contributed by atoms with E-state index in [0.29, 0.717) is 5.92 Å². The zero-order valence-corrected chi connectivity index (χ0v) is 15.2. The maximum atomic E-state index is 6.59. The van der Waals surface area contributed by atoms with Crippen molar-refractivity contribution in [1.82, 2.24) is 5.06 Å². The predicted molar refractivity (Wildman–Crippen MR) is 93.6 cm³/mol. The van der Waals surface area contributed by atoms with Gasteiger partial charge in [-0.1, -0.05) is 51.1 Å². The summed E-state index contributed by atoms with van der Waals surface area (Å²) >= 11 is 0. The molecule has 0 aliphatic carbocycles. The van der Waals surface area contributed by atoms with Gasteiger partial charge in [-0.25, -0.2) is 0 Å². The van der Waals surface area contributed by atoms with E-state index >= 15 is 0 Å². The van der Waals surface area contributed by atoms with Crippen LogP contribution in [-0.4, -0.2) is 16.1 Å². The van der Waals surface area contributed by atoms with Crippen molar-refractivity contribution in [2.45, 2.75) is 84.4 Å². The molecule has 0 aromatic heterocycles. The summed E-state index contributed by atoms with van der Waals surface area (Å²) in [5.41, 5.74) is 1.48. The molecule has 1 saturated heterocycles. The topological polar surface area (TPSA) is 12.5 Å². The summed E-state index contributed by atoms with van der Waals surface area (Å²) in [6.07, 6.45) is 4.82. The first-order valence-corrected chi connectivity index (χ1v) is 8.89. The number of hydroxylamine groups is 2. The Morgan fingerprint density at radius 1 is 1.18 bits per heavy atom. The molecule has 4 atom stereocenters. The number of hydrogen-bond acceptors (Lipinski definition) is 2. The van der Waals surface area contributed by atoms with Gasteiger partial charge < -0.3 is 0 Å². The highest BCUT2D eigenvalue weighted by Gasteiger charge is 2.50. The van der Waals surface area contributed by atoms with Crippen LogP contribution in [0.3, 0.4) is 0 Å². The number of hydrogen-bond donors (Lipinski definition) is 0. The molecule has 1 heterocycles. The van der Waals surface area contributed by atoms with Crippen LogP contribution < -0.4 is 0 Å². The van der Waals surface area contributed by atoms with Crippen molar-refractivity contribution >= 4 is 0 Å². The fraction of sp³-hybridized carbons (Fsp3) is 0.700. The zero-order valence-electron chi connectivity index (χ0n) is 15.2. The molecular formula is C20H33NO. The van der Waals surface area contributed by atoms with Gasteiger partial charge >= 0.3 is 0 Å². The van der Waals surface area contributed by atoms with Crippen molar-refractivity contribution < 1.29 is 4.84 Å². The van der Waals surface area contributed by atoms with Crippen molar-refractivity contribution in [2.24, 2.45) is 5.92 Å². The Balaban J connectivity index is 2.29. The van der Waals surface area contributed by atoms with Crippen molar-refractivity contribution in [1.29, 1.82) is 0 Å². The third-order valence-electron chi connectivity index (χ3n) is 6.14. The number of nitrogens with zero attached hydrogens (tertiary/aromatic N) is 1. The van der Waals surface area contributed by atoms with Crippen LogP contribution in [0, 0.1) is 5.92 Å². The summed E-state index contributed by atoms with van der Waals surface area (Å²) in [4.78, 5) is 6.59. The molecule has 2 rings (SSSR count). The molecule has 124 valence electrons. The Kier molecular flexibility index (Phi) is 5.34. The molecule has 1 aliphatic heterocycles. The SMILES string of the molecule is CCC1(C)CCC(C)C(C)(CC)N1OC(C)c1ccccc1. The summed E-state index contributed by atoms with van der Waals surface area (Å²) in [6.45, 7) is 13.9. The van der Waals surface area contributed by atoms with Gasteiger partial charge in [-0.15, -0.1) is 0 Å². The van der Waals surface area contributed by atoms with Crippen LogP contribution >= 0.6 is 0 Å². The molecule has 1 aliphatic rings. The van der Waals surface area contributed by atoms with Crippen molar-refractivity contribution in [3.8, 4) is 0 Å². The van der Waals surface area contributed by atoms with Crippen LogP contribution in [-0.2, 0) is 4.84 Å². The minimum absolute atomic E-state index is 0.0863. The van der Waals surface area contributed by atoms with E-state index in [4.69, 9.17) is 4.84 Å². The first-order chi connectivity index (χ1) is 10.4. The van der Waals surface area contributed by atoms with Gasteiger partial charge in [-0.05, 0) is 57.9 Å². The fourth-order valence-electron chi connectivity index (χ4n) is 3.76. The average molecular weight is 303 g/mol. The van der Waals surface area contributed by atoms with Gasteiger partial charge in [0.1, 0.15) is 6.10 Å². The van der Waals surface area contributed by atoms with E-state index in [2.05, 4.69) is 76.9 Å². The van der Waals surface area contributed by atoms with Gasteiger partial charge in [-0.2, -0.15) is 5.06 Å². The van der Waals surface area contributed by atoms with Gasteiger partial charge in [-0.3, -0.25) is 4.84 Å². The third kappa shape index (κ3) is 3.09. The second kappa shape index (κ2) is 6.72. The largest absolute Gasteiger partial charge is 0.290 e. The van der Waals surface area contributed by atoms with E-state index in [-0.39, 0.29) is 17.2 Å². The minimum Gasteiger partial charge on any atom is -0.290 e. The molecule has 22 heavy (non-hydrogen) atoms. The zero-order chi connectivity index (χ0) is 16.4. The lowest BCUT2D eigenvalue weighted by Gasteiger charge is -2.57. The Bertz CT molecular complexity index is 474. The summed E-state index contributed by atoms with van der Waals surface area (Å²) in [5, 5.41) is 2.37. The van der Waals surface area contributed by atoms with Crippen molar-refractivity contribution in [3.63, 3.8) is 0 Å². The molecule has 4 unspecified atom stereocenters. The van der Waals surface area contributed by atoms with Gasteiger partial charge in [0, 0.05) is 11.1 Å². The van der Waals surface area contributed by atoms with Crippen molar-refractivity contribution in [2.75, 3.05) is 0 Å². The van der Waals surface area contributed by atoms with E-state index in [1.54, 1.807) is 0 Å². The lowest BCUT2D eigenvalue weighted by Crippen LogP contribution is -2.63. The Labute approximate surface area is 136 Å². The molecule has 1 fully saturated rings. The monoisotopic (exact) mass is 303 g/mol. The normalized spacial score (nSPS) is 34.5. The van der Waals surface area contributed by atoms with Gasteiger partial charge in [0.2, 0.25) is 0 Å². The maximum Gasteiger partial charge on any atom is 0.102 e. The molecule has 2 heteroatoms. The highest BCUT2D eigenvalue weighted by molar-refractivity contribution is 5.17. The molecule has 0 amide bonds. The Morgan fingerprint density at radius 3 is 2.36 bits per heavy atom. The van der Waals surface area contributed by atoms with E-state index in [1.807, 2.05) is 0 Å². The first-order valence-electron chi connectivity index (χ1n) is 8.89. The lowest BCUT2D eigenvalue weighted by atomic mass is 9.71. The molecule has 2 nitrogen and oxygen atoms in total. The van der Waals surface area contributed by atoms with Crippen LogP contribution in [0.25, 0.3) is 0 Å². The van der Waals surface area contributed by atoms with Crippen LogP contribution in [0.1, 0.15) is 78.9 Å². The van der Waals surface area contributed by atoms with Gasteiger partial charge in [0.15, 0.2) is 0 Å². The highest BCUT2D eigenvalue weighted by Crippen LogP contribution is 2.46. The quantitative estimate of drug-likeness (QED) is 0.687. The molecule has 0 saturated carbocycles. The second-order valence-corrected chi connectivity index (χ2v) is 7.45. The molecule has 1 aromatic carbocycles. The first kappa shape index (κ1) is 17.5. The second-order valence-electron chi connectivity index (χ2n) is 7.45. The molecule has 0 N–H and O–H groups in total. The third-order valence-corrected chi connectivity index (χ3v) is 6.14.